The molecule has 0 aliphatic heterocycles. The summed E-state index contributed by atoms with van der Waals surface area (Å²) in [6, 6.07) is 1.70. The van der Waals surface area contributed by atoms with Gasteiger partial charge < -0.3 is 10.5 Å². The number of nitrogens with zero attached hydrogens (tertiary/aromatic N) is 2. The summed E-state index contributed by atoms with van der Waals surface area (Å²) >= 11 is 0. The summed E-state index contributed by atoms with van der Waals surface area (Å²) in [4.78, 5) is 20.6. The SMILES string of the molecule is CCC(CC)(CN)C(=O)Nc1nc(C)cc(OC)n1. The van der Waals surface area contributed by atoms with Crippen molar-refractivity contribution in [2.45, 2.75) is 33.6 Å². The van der Waals surface area contributed by atoms with E-state index in [1.807, 2.05) is 20.8 Å². The van der Waals surface area contributed by atoms with Crippen LogP contribution in [0, 0.1) is 12.3 Å². The molecule has 0 spiro atoms. The molecule has 0 aliphatic rings. The topological polar surface area (TPSA) is 90.1 Å². The van der Waals surface area contributed by atoms with Crippen molar-refractivity contribution < 1.29 is 9.53 Å². The van der Waals surface area contributed by atoms with Gasteiger partial charge in [-0.25, -0.2) is 4.98 Å². The number of aromatic nitrogens is 2. The van der Waals surface area contributed by atoms with Gasteiger partial charge in [0.15, 0.2) is 0 Å². The molecule has 106 valence electrons. The molecule has 0 unspecified atom stereocenters. The highest BCUT2D eigenvalue weighted by Gasteiger charge is 2.33. The Kier molecular flexibility index (Phi) is 5.23. The Balaban J connectivity index is 2.95. The van der Waals surface area contributed by atoms with Gasteiger partial charge in [-0.05, 0) is 19.8 Å². The molecule has 1 aromatic heterocycles. The molecular formula is C13H22N4O2. The number of rotatable bonds is 6. The second kappa shape index (κ2) is 6.47. The van der Waals surface area contributed by atoms with Crippen LogP contribution in [0.3, 0.4) is 0 Å². The number of nitrogens with two attached hydrogens (primary N) is 1. The quantitative estimate of drug-likeness (QED) is 0.814. The summed E-state index contributed by atoms with van der Waals surface area (Å²) in [5.41, 5.74) is 5.90. The van der Waals surface area contributed by atoms with E-state index >= 15 is 0 Å². The first-order valence-electron chi connectivity index (χ1n) is 6.42. The van der Waals surface area contributed by atoms with Crippen molar-refractivity contribution in [2.24, 2.45) is 11.1 Å². The van der Waals surface area contributed by atoms with Crippen LogP contribution < -0.4 is 15.8 Å². The lowest BCUT2D eigenvalue weighted by Gasteiger charge is -2.28. The van der Waals surface area contributed by atoms with E-state index in [9.17, 15) is 4.79 Å². The second-order valence-electron chi connectivity index (χ2n) is 4.52. The Morgan fingerprint density at radius 2 is 2.05 bits per heavy atom. The maximum absolute atomic E-state index is 12.3. The van der Waals surface area contributed by atoms with Gasteiger partial charge in [0.2, 0.25) is 17.7 Å². The van der Waals surface area contributed by atoms with Gasteiger partial charge >= 0.3 is 0 Å². The summed E-state index contributed by atoms with van der Waals surface area (Å²) in [7, 11) is 1.52. The Morgan fingerprint density at radius 1 is 1.42 bits per heavy atom. The third-order valence-electron chi connectivity index (χ3n) is 3.49. The summed E-state index contributed by atoms with van der Waals surface area (Å²) in [6.45, 7) is 6.02. The van der Waals surface area contributed by atoms with Crippen LogP contribution in [0.25, 0.3) is 0 Å². The fourth-order valence-corrected chi connectivity index (χ4v) is 1.89. The maximum atomic E-state index is 12.3. The highest BCUT2D eigenvalue weighted by atomic mass is 16.5. The van der Waals surface area contributed by atoms with E-state index < -0.39 is 5.41 Å². The normalized spacial score (nSPS) is 11.2. The number of anilines is 1. The molecule has 19 heavy (non-hydrogen) atoms. The van der Waals surface area contributed by atoms with Crippen molar-refractivity contribution in [3.8, 4) is 5.88 Å². The fourth-order valence-electron chi connectivity index (χ4n) is 1.89. The number of methoxy groups -OCH3 is 1. The lowest BCUT2D eigenvalue weighted by molar-refractivity contribution is -0.125. The van der Waals surface area contributed by atoms with Crippen LogP contribution in [-0.2, 0) is 4.79 Å². The number of nitrogens with one attached hydrogen (secondary N) is 1. The molecule has 0 radical (unpaired) electrons. The van der Waals surface area contributed by atoms with Crippen LogP contribution in [-0.4, -0.2) is 29.5 Å². The average Bonchev–Trinajstić information content (AvgIpc) is 2.40. The molecule has 0 atom stereocenters. The Labute approximate surface area is 113 Å². The van der Waals surface area contributed by atoms with E-state index in [1.54, 1.807) is 6.07 Å². The van der Waals surface area contributed by atoms with Gasteiger partial charge in [-0.2, -0.15) is 4.98 Å². The first-order chi connectivity index (χ1) is 9.01. The summed E-state index contributed by atoms with van der Waals surface area (Å²) in [6.07, 6.45) is 1.35. The minimum absolute atomic E-state index is 0.146. The van der Waals surface area contributed by atoms with Crippen molar-refractivity contribution >= 4 is 11.9 Å². The number of amides is 1. The molecule has 0 aromatic carbocycles. The zero-order valence-electron chi connectivity index (χ0n) is 12.0. The van der Waals surface area contributed by atoms with E-state index in [0.29, 0.717) is 25.3 Å². The molecule has 0 bridgehead atoms. The summed E-state index contributed by atoms with van der Waals surface area (Å²) < 4.78 is 5.05. The van der Waals surface area contributed by atoms with Crippen molar-refractivity contribution in [3.05, 3.63) is 11.8 Å². The van der Waals surface area contributed by atoms with Crippen molar-refractivity contribution in [1.82, 2.24) is 9.97 Å². The minimum atomic E-state index is -0.569. The number of aryl methyl sites for hydroxylation is 1. The van der Waals surface area contributed by atoms with Crippen LogP contribution in [0.4, 0.5) is 5.95 Å². The number of carbonyl (C=O) groups is 1. The molecule has 3 N–H and O–H groups in total. The van der Waals surface area contributed by atoms with E-state index in [1.165, 1.54) is 7.11 Å². The standard InChI is InChI=1S/C13H22N4O2/c1-5-13(6-2,8-14)11(18)17-12-15-9(3)7-10(16-12)19-4/h7H,5-6,8,14H2,1-4H3,(H,15,16,17,18). The second-order valence-corrected chi connectivity index (χ2v) is 4.52. The van der Waals surface area contributed by atoms with Gasteiger partial charge in [0.1, 0.15) is 0 Å². The largest absolute Gasteiger partial charge is 0.481 e. The molecule has 6 heteroatoms. The minimum Gasteiger partial charge on any atom is -0.481 e. The van der Waals surface area contributed by atoms with Crippen LogP contribution in [0.1, 0.15) is 32.4 Å². The Bertz CT molecular complexity index is 436. The molecule has 0 fully saturated rings. The predicted molar refractivity (Wildman–Crippen MR) is 74.0 cm³/mol. The van der Waals surface area contributed by atoms with E-state index in [4.69, 9.17) is 10.5 Å². The highest BCUT2D eigenvalue weighted by Crippen LogP contribution is 2.26. The number of carbonyl (C=O) groups excluding carboxylic acids is 1. The molecular weight excluding hydrogens is 244 g/mol. The molecule has 1 aromatic rings. The van der Waals surface area contributed by atoms with Crippen molar-refractivity contribution in [3.63, 3.8) is 0 Å². The molecule has 1 amide bonds. The first-order valence-corrected chi connectivity index (χ1v) is 6.42. The maximum Gasteiger partial charge on any atom is 0.234 e. The lowest BCUT2D eigenvalue weighted by Crippen LogP contribution is -2.41. The summed E-state index contributed by atoms with van der Waals surface area (Å²) in [5, 5.41) is 2.73. The van der Waals surface area contributed by atoms with Crippen LogP contribution in [0.15, 0.2) is 6.07 Å². The van der Waals surface area contributed by atoms with Crippen LogP contribution in [0.5, 0.6) is 5.88 Å². The van der Waals surface area contributed by atoms with E-state index in [2.05, 4.69) is 15.3 Å². The molecule has 1 rings (SSSR count). The van der Waals surface area contributed by atoms with Gasteiger partial charge in [-0.3, -0.25) is 10.1 Å². The molecule has 6 nitrogen and oxygen atoms in total. The van der Waals surface area contributed by atoms with Gasteiger partial charge in [-0.15, -0.1) is 0 Å². The van der Waals surface area contributed by atoms with Gasteiger partial charge in [0, 0.05) is 18.3 Å². The summed E-state index contributed by atoms with van der Waals surface area (Å²) in [5.74, 6) is 0.531. The van der Waals surface area contributed by atoms with Crippen LogP contribution >= 0.6 is 0 Å². The molecule has 0 aliphatic carbocycles. The predicted octanol–water partition coefficient (Wildman–Crippen LogP) is 1.50. The number of ether oxygens (including phenoxy) is 1. The smallest absolute Gasteiger partial charge is 0.234 e. The van der Waals surface area contributed by atoms with Crippen molar-refractivity contribution in [2.75, 3.05) is 19.0 Å². The number of hydrogen-bond donors (Lipinski definition) is 2. The monoisotopic (exact) mass is 266 g/mol. The van der Waals surface area contributed by atoms with Crippen LogP contribution in [0.2, 0.25) is 0 Å². The third-order valence-corrected chi connectivity index (χ3v) is 3.49. The molecule has 1 heterocycles. The fraction of sp³-hybridized carbons (Fsp3) is 0.615. The average molecular weight is 266 g/mol. The van der Waals surface area contributed by atoms with Gasteiger partial charge in [0.05, 0.1) is 12.5 Å². The van der Waals surface area contributed by atoms with Gasteiger partial charge in [-0.1, -0.05) is 13.8 Å². The Hall–Kier alpha value is -1.69. The Morgan fingerprint density at radius 3 is 2.53 bits per heavy atom. The molecule has 0 saturated carbocycles. The number of hydrogen-bond acceptors (Lipinski definition) is 5. The highest BCUT2D eigenvalue weighted by molar-refractivity contribution is 5.94. The van der Waals surface area contributed by atoms with E-state index in [-0.39, 0.29) is 11.9 Å². The first kappa shape index (κ1) is 15.4. The lowest BCUT2D eigenvalue weighted by atomic mass is 9.81. The molecule has 0 saturated heterocycles. The zero-order chi connectivity index (χ0) is 14.5. The van der Waals surface area contributed by atoms with Gasteiger partial charge in [0.25, 0.3) is 0 Å². The zero-order valence-corrected chi connectivity index (χ0v) is 12.0. The van der Waals surface area contributed by atoms with E-state index in [0.717, 1.165) is 5.69 Å². The third kappa shape index (κ3) is 3.41. The van der Waals surface area contributed by atoms with Crippen molar-refractivity contribution in [1.29, 1.82) is 0 Å².